The van der Waals surface area contributed by atoms with E-state index in [1.54, 1.807) is 0 Å². The fourth-order valence-corrected chi connectivity index (χ4v) is 3.20. The normalized spacial score (nSPS) is 11.0. The zero-order chi connectivity index (χ0) is 16.3. The summed E-state index contributed by atoms with van der Waals surface area (Å²) < 4.78 is 0. The molecule has 0 aliphatic carbocycles. The van der Waals surface area contributed by atoms with E-state index in [1.807, 2.05) is 24.3 Å². The molecule has 0 aliphatic rings. The topological polar surface area (TPSA) is 17.1 Å². The summed E-state index contributed by atoms with van der Waals surface area (Å²) in [5.74, 6) is 0.296. The van der Waals surface area contributed by atoms with Crippen molar-refractivity contribution in [3.05, 3.63) is 48.0 Å². The molecule has 2 aromatic rings. The van der Waals surface area contributed by atoms with E-state index < -0.39 is 0 Å². The number of fused-ring (bicyclic) bond motifs is 1. The highest BCUT2D eigenvalue weighted by Crippen LogP contribution is 2.21. The number of benzene rings is 2. The first kappa shape index (κ1) is 17.7. The van der Waals surface area contributed by atoms with Crippen molar-refractivity contribution < 1.29 is 4.79 Å². The highest BCUT2D eigenvalue weighted by atomic mass is 16.1. The Morgan fingerprint density at radius 2 is 1.35 bits per heavy atom. The number of unbranched alkanes of at least 4 members (excludes halogenated alkanes) is 8. The van der Waals surface area contributed by atoms with Crippen LogP contribution in [0.4, 0.5) is 0 Å². The van der Waals surface area contributed by atoms with E-state index in [2.05, 4.69) is 25.1 Å². The summed E-state index contributed by atoms with van der Waals surface area (Å²) in [5, 5.41) is 2.25. The maximum Gasteiger partial charge on any atom is 0.163 e. The van der Waals surface area contributed by atoms with Gasteiger partial charge < -0.3 is 0 Å². The van der Waals surface area contributed by atoms with E-state index >= 15 is 0 Å². The van der Waals surface area contributed by atoms with Gasteiger partial charge >= 0.3 is 0 Å². The zero-order valence-corrected chi connectivity index (χ0v) is 14.5. The molecule has 23 heavy (non-hydrogen) atoms. The van der Waals surface area contributed by atoms with Crippen LogP contribution in [0.15, 0.2) is 42.5 Å². The number of hydrogen-bond donors (Lipinski definition) is 0. The third-order valence-electron chi connectivity index (χ3n) is 4.60. The molecule has 2 rings (SSSR count). The summed E-state index contributed by atoms with van der Waals surface area (Å²) in [4.78, 5) is 12.5. The molecule has 0 radical (unpaired) electrons. The Bertz CT molecular complexity index is 594. The van der Waals surface area contributed by atoms with Crippen LogP contribution in [-0.4, -0.2) is 5.78 Å². The minimum atomic E-state index is 0.296. The Kier molecular flexibility index (Phi) is 7.86. The van der Waals surface area contributed by atoms with Gasteiger partial charge in [-0.1, -0.05) is 101 Å². The van der Waals surface area contributed by atoms with Gasteiger partial charge in [-0.25, -0.2) is 0 Å². The lowest BCUT2D eigenvalue weighted by Gasteiger charge is -2.06. The van der Waals surface area contributed by atoms with Crippen molar-refractivity contribution in [1.29, 1.82) is 0 Å². The lowest BCUT2D eigenvalue weighted by molar-refractivity contribution is 0.0980. The molecule has 0 fully saturated rings. The smallest absolute Gasteiger partial charge is 0.163 e. The van der Waals surface area contributed by atoms with Gasteiger partial charge in [0, 0.05) is 12.0 Å². The summed E-state index contributed by atoms with van der Waals surface area (Å²) in [7, 11) is 0. The maximum absolute atomic E-state index is 12.5. The highest BCUT2D eigenvalue weighted by Gasteiger charge is 2.09. The zero-order valence-electron chi connectivity index (χ0n) is 14.5. The molecule has 0 bridgehead atoms. The van der Waals surface area contributed by atoms with Gasteiger partial charge in [-0.2, -0.15) is 0 Å². The van der Waals surface area contributed by atoms with Crippen LogP contribution < -0.4 is 0 Å². The molecular formula is C22H30O. The molecule has 1 nitrogen and oxygen atoms in total. The molecule has 0 amide bonds. The predicted octanol–water partition coefficient (Wildman–Crippen LogP) is 6.94. The van der Waals surface area contributed by atoms with Crippen LogP contribution in [0.5, 0.6) is 0 Å². The van der Waals surface area contributed by atoms with Crippen molar-refractivity contribution in [2.75, 3.05) is 0 Å². The Balaban J connectivity index is 1.69. The van der Waals surface area contributed by atoms with Gasteiger partial charge in [0.25, 0.3) is 0 Å². The molecule has 0 atom stereocenters. The average Bonchev–Trinajstić information content (AvgIpc) is 2.59. The Morgan fingerprint density at radius 3 is 2.09 bits per heavy atom. The van der Waals surface area contributed by atoms with Crippen LogP contribution in [0, 0.1) is 0 Å². The molecule has 2 aromatic carbocycles. The lowest BCUT2D eigenvalue weighted by Crippen LogP contribution is -2.00. The molecule has 0 N–H and O–H groups in total. The second-order valence-electron chi connectivity index (χ2n) is 6.53. The number of ketones is 1. The van der Waals surface area contributed by atoms with E-state index in [0.29, 0.717) is 12.2 Å². The monoisotopic (exact) mass is 310 g/mol. The molecular weight excluding hydrogens is 280 g/mol. The predicted molar refractivity (Wildman–Crippen MR) is 100 cm³/mol. The van der Waals surface area contributed by atoms with Crippen molar-refractivity contribution in [1.82, 2.24) is 0 Å². The van der Waals surface area contributed by atoms with Crippen LogP contribution in [0.1, 0.15) is 81.5 Å². The van der Waals surface area contributed by atoms with Crippen LogP contribution in [0.2, 0.25) is 0 Å². The molecule has 1 heteroatoms. The first-order valence-electron chi connectivity index (χ1n) is 9.34. The molecule has 0 unspecified atom stereocenters. The molecule has 0 aromatic heterocycles. The number of Topliss-reactive ketones (excluding diaryl/α,β-unsaturated/α-hetero) is 1. The van der Waals surface area contributed by atoms with Crippen LogP contribution in [0.25, 0.3) is 10.8 Å². The van der Waals surface area contributed by atoms with Crippen molar-refractivity contribution in [2.45, 2.75) is 71.1 Å². The van der Waals surface area contributed by atoms with E-state index in [0.717, 1.165) is 22.8 Å². The second kappa shape index (κ2) is 10.2. The fourth-order valence-electron chi connectivity index (χ4n) is 3.20. The van der Waals surface area contributed by atoms with Crippen molar-refractivity contribution in [2.24, 2.45) is 0 Å². The number of carbonyl (C=O) groups excluding carboxylic acids is 1. The van der Waals surface area contributed by atoms with Crippen molar-refractivity contribution in [3.63, 3.8) is 0 Å². The van der Waals surface area contributed by atoms with E-state index in [1.165, 1.54) is 51.4 Å². The maximum atomic E-state index is 12.5. The van der Waals surface area contributed by atoms with Gasteiger partial charge in [-0.3, -0.25) is 4.79 Å². The van der Waals surface area contributed by atoms with Crippen molar-refractivity contribution >= 4 is 16.6 Å². The largest absolute Gasteiger partial charge is 0.294 e. The van der Waals surface area contributed by atoms with Crippen molar-refractivity contribution in [3.8, 4) is 0 Å². The van der Waals surface area contributed by atoms with Gasteiger partial charge in [0.05, 0.1) is 0 Å². The first-order valence-corrected chi connectivity index (χ1v) is 9.34. The summed E-state index contributed by atoms with van der Waals surface area (Å²) in [6.45, 7) is 2.26. The Labute approximate surface area is 141 Å². The Hall–Kier alpha value is -1.63. The first-order chi connectivity index (χ1) is 11.3. The number of carbonyl (C=O) groups is 1. The molecule has 0 aliphatic heterocycles. The summed E-state index contributed by atoms with van der Waals surface area (Å²) in [6, 6.07) is 14.2. The van der Waals surface area contributed by atoms with Crippen LogP contribution >= 0.6 is 0 Å². The van der Waals surface area contributed by atoms with Crippen LogP contribution in [-0.2, 0) is 0 Å². The molecule has 0 saturated heterocycles. The van der Waals surface area contributed by atoms with Gasteiger partial charge in [-0.15, -0.1) is 0 Å². The third kappa shape index (κ3) is 5.82. The van der Waals surface area contributed by atoms with Gasteiger partial charge in [-0.05, 0) is 17.2 Å². The fraction of sp³-hybridized carbons (Fsp3) is 0.500. The molecule has 124 valence electrons. The van der Waals surface area contributed by atoms with E-state index in [4.69, 9.17) is 0 Å². The van der Waals surface area contributed by atoms with E-state index in [-0.39, 0.29) is 0 Å². The number of rotatable bonds is 11. The second-order valence-corrected chi connectivity index (χ2v) is 6.53. The minimum Gasteiger partial charge on any atom is -0.294 e. The van der Waals surface area contributed by atoms with Gasteiger partial charge in [0.2, 0.25) is 0 Å². The SMILES string of the molecule is CCCCCCCCCCCC(=O)c1cccc2ccccc12. The lowest BCUT2D eigenvalue weighted by atomic mass is 9.98. The summed E-state index contributed by atoms with van der Waals surface area (Å²) in [5.41, 5.74) is 0.891. The molecule has 0 saturated carbocycles. The standard InChI is InChI=1S/C22H30O/c1-2-3-4-5-6-7-8-9-10-18-22(23)21-17-13-15-19-14-11-12-16-20(19)21/h11-17H,2-10,18H2,1H3. The highest BCUT2D eigenvalue weighted by molar-refractivity contribution is 6.08. The van der Waals surface area contributed by atoms with E-state index in [9.17, 15) is 4.79 Å². The molecule has 0 spiro atoms. The molecule has 0 heterocycles. The quantitative estimate of drug-likeness (QED) is 0.324. The summed E-state index contributed by atoms with van der Waals surface area (Å²) in [6.07, 6.45) is 12.3. The summed E-state index contributed by atoms with van der Waals surface area (Å²) >= 11 is 0. The minimum absolute atomic E-state index is 0.296. The number of hydrogen-bond acceptors (Lipinski definition) is 1. The van der Waals surface area contributed by atoms with Gasteiger partial charge in [0.15, 0.2) is 5.78 Å². The Morgan fingerprint density at radius 1 is 0.739 bits per heavy atom. The average molecular weight is 310 g/mol. The van der Waals surface area contributed by atoms with Gasteiger partial charge in [0.1, 0.15) is 0 Å². The van der Waals surface area contributed by atoms with Crippen LogP contribution in [0.3, 0.4) is 0 Å². The third-order valence-corrected chi connectivity index (χ3v) is 4.60.